The Morgan fingerprint density at radius 2 is 1.64 bits per heavy atom. The fraction of sp³-hybridized carbons (Fsp3) is 0.333. The summed E-state index contributed by atoms with van der Waals surface area (Å²) in [5, 5.41) is 7.42. The molecule has 1 aliphatic rings. The number of nitrogens with zero attached hydrogens (tertiary/aromatic N) is 1. The minimum atomic E-state index is -3.60. The molecule has 1 aliphatic heterocycles. The molecule has 1 saturated heterocycles. The lowest BCUT2D eigenvalue weighted by Gasteiger charge is -2.43. The van der Waals surface area contributed by atoms with Gasteiger partial charge in [-0.2, -0.15) is 4.31 Å². The van der Waals surface area contributed by atoms with Crippen molar-refractivity contribution in [1.29, 1.82) is 0 Å². The van der Waals surface area contributed by atoms with Gasteiger partial charge in [-0.3, -0.25) is 0 Å². The summed E-state index contributed by atoms with van der Waals surface area (Å²) in [6.07, 6.45) is 0.721. The number of halogens is 1. The summed E-state index contributed by atoms with van der Waals surface area (Å²) in [4.78, 5) is 0. The summed E-state index contributed by atoms with van der Waals surface area (Å²) in [7, 11) is -6.23. The first-order chi connectivity index (χ1) is 18.6. The van der Waals surface area contributed by atoms with Crippen LogP contribution in [0.1, 0.15) is 27.2 Å². The molecular formula is C30H35ClN2O3S2Si. The van der Waals surface area contributed by atoms with Crippen LogP contribution < -0.4 is 15.7 Å². The van der Waals surface area contributed by atoms with Crippen LogP contribution in [0.15, 0.2) is 89.1 Å². The molecule has 1 atom stereocenters. The van der Waals surface area contributed by atoms with Gasteiger partial charge >= 0.3 is 0 Å². The van der Waals surface area contributed by atoms with E-state index < -0.39 is 18.3 Å². The molecule has 0 amide bonds. The third kappa shape index (κ3) is 5.74. The number of hydrogen-bond acceptors (Lipinski definition) is 5. The summed E-state index contributed by atoms with van der Waals surface area (Å²) < 4.78 is 37.1. The Morgan fingerprint density at radius 3 is 2.26 bits per heavy atom. The molecule has 206 valence electrons. The average Bonchev–Trinajstić information content (AvgIpc) is 3.36. The number of rotatable bonds is 8. The van der Waals surface area contributed by atoms with Crippen molar-refractivity contribution in [2.45, 2.75) is 42.5 Å². The van der Waals surface area contributed by atoms with Crippen LogP contribution in [0.4, 0.5) is 0 Å². The molecule has 0 bridgehead atoms. The molecule has 9 heteroatoms. The summed E-state index contributed by atoms with van der Waals surface area (Å²) in [6.45, 7) is 8.82. The lowest BCUT2D eigenvalue weighted by atomic mass is 10.2. The molecule has 5 rings (SSSR count). The van der Waals surface area contributed by atoms with Crippen LogP contribution in [-0.2, 0) is 14.4 Å². The first-order valence-corrected chi connectivity index (χ1v) is 17.8. The second-order valence-electron chi connectivity index (χ2n) is 11.1. The quantitative estimate of drug-likeness (QED) is 0.273. The molecule has 1 fully saturated rings. The van der Waals surface area contributed by atoms with Crippen LogP contribution >= 0.6 is 22.9 Å². The summed E-state index contributed by atoms with van der Waals surface area (Å²) in [5.41, 5.74) is 0. The molecule has 3 aromatic carbocycles. The van der Waals surface area contributed by atoms with E-state index in [2.05, 4.69) is 74.6 Å². The minimum absolute atomic E-state index is 0.00978. The van der Waals surface area contributed by atoms with E-state index >= 15 is 0 Å². The lowest BCUT2D eigenvalue weighted by Crippen LogP contribution is -2.66. The predicted molar refractivity (Wildman–Crippen MR) is 166 cm³/mol. The first kappa shape index (κ1) is 28.5. The maximum Gasteiger partial charge on any atom is 0.261 e. The fourth-order valence-electron chi connectivity index (χ4n) is 5.56. The molecule has 0 saturated carbocycles. The lowest BCUT2D eigenvalue weighted by molar-refractivity contribution is 0.232. The van der Waals surface area contributed by atoms with E-state index in [4.69, 9.17) is 16.0 Å². The van der Waals surface area contributed by atoms with Crippen molar-refractivity contribution >= 4 is 61.7 Å². The van der Waals surface area contributed by atoms with E-state index in [1.54, 1.807) is 16.4 Å². The third-order valence-electron chi connectivity index (χ3n) is 7.47. The second kappa shape index (κ2) is 11.4. The van der Waals surface area contributed by atoms with Gasteiger partial charge in [0, 0.05) is 42.0 Å². The highest BCUT2D eigenvalue weighted by Crippen LogP contribution is 2.37. The zero-order valence-corrected chi connectivity index (χ0v) is 26.0. The summed E-state index contributed by atoms with van der Waals surface area (Å²) in [5.74, 6) is 0. The minimum Gasteiger partial charge on any atom is -0.407 e. The van der Waals surface area contributed by atoms with Gasteiger partial charge in [0.05, 0.1) is 0 Å². The van der Waals surface area contributed by atoms with E-state index in [-0.39, 0.29) is 11.1 Å². The standard InChI is InChI=1S/C30H35ClN2O3S2Si/c1-30(2,3)39(26-10-6-4-7-11-26,27-12-8-5-9-13-27)36-19-16-25-22-33(18-17-32-25)38(34,35)29-20-23-14-15-24(31)21-28(23)37-29/h4-15,20-21,25,32H,16-19,22H2,1-3H3. The van der Waals surface area contributed by atoms with E-state index in [9.17, 15) is 8.42 Å². The van der Waals surface area contributed by atoms with Crippen molar-refractivity contribution < 1.29 is 12.8 Å². The Balaban J connectivity index is 1.34. The van der Waals surface area contributed by atoms with Gasteiger partial charge in [-0.05, 0) is 45.4 Å². The first-order valence-electron chi connectivity index (χ1n) is 13.3. The van der Waals surface area contributed by atoms with Crippen molar-refractivity contribution in [3.8, 4) is 0 Å². The SMILES string of the molecule is CC(C)(C)[Si](OCCC1CN(S(=O)(=O)c2cc3ccc(Cl)cc3s2)CCN1)(c1ccccc1)c1ccccc1. The van der Waals surface area contributed by atoms with Crippen LogP contribution in [0.5, 0.6) is 0 Å². The Kier molecular flexibility index (Phi) is 8.36. The third-order valence-corrected chi connectivity index (χ3v) is 16.2. The second-order valence-corrected chi connectivity index (χ2v) is 19.1. The van der Waals surface area contributed by atoms with Gasteiger partial charge < -0.3 is 9.74 Å². The number of benzene rings is 3. The smallest absolute Gasteiger partial charge is 0.261 e. The molecule has 1 aromatic heterocycles. The van der Waals surface area contributed by atoms with E-state index in [1.807, 2.05) is 24.3 Å². The van der Waals surface area contributed by atoms with Gasteiger partial charge in [0.25, 0.3) is 18.3 Å². The van der Waals surface area contributed by atoms with E-state index in [0.717, 1.165) is 16.5 Å². The topological polar surface area (TPSA) is 58.6 Å². The number of nitrogens with one attached hydrogen (secondary N) is 1. The van der Waals surface area contributed by atoms with Crippen molar-refractivity contribution in [3.63, 3.8) is 0 Å². The zero-order valence-electron chi connectivity index (χ0n) is 22.6. The predicted octanol–water partition coefficient (Wildman–Crippen LogP) is 5.48. The molecular weight excluding hydrogens is 564 g/mol. The molecule has 2 heterocycles. The van der Waals surface area contributed by atoms with Crippen LogP contribution in [0.3, 0.4) is 0 Å². The molecule has 1 unspecified atom stereocenters. The van der Waals surface area contributed by atoms with Crippen LogP contribution in [0.25, 0.3) is 10.1 Å². The van der Waals surface area contributed by atoms with Crippen molar-refractivity contribution in [2.75, 3.05) is 26.2 Å². The molecule has 5 nitrogen and oxygen atoms in total. The maximum absolute atomic E-state index is 13.6. The molecule has 0 radical (unpaired) electrons. The number of sulfonamides is 1. The Labute approximate surface area is 242 Å². The van der Waals surface area contributed by atoms with Crippen molar-refractivity contribution in [3.05, 3.63) is 90.0 Å². The Morgan fingerprint density at radius 1 is 1.00 bits per heavy atom. The van der Waals surface area contributed by atoms with Crippen molar-refractivity contribution in [2.24, 2.45) is 0 Å². The fourth-order valence-corrected chi connectivity index (χ4v) is 13.5. The van der Waals surface area contributed by atoms with E-state index in [1.165, 1.54) is 21.7 Å². The highest BCUT2D eigenvalue weighted by atomic mass is 35.5. The van der Waals surface area contributed by atoms with Gasteiger partial charge in [0.15, 0.2) is 0 Å². The summed E-state index contributed by atoms with van der Waals surface area (Å²) >= 11 is 7.41. The number of hydrogen-bond donors (Lipinski definition) is 1. The summed E-state index contributed by atoms with van der Waals surface area (Å²) in [6, 6.07) is 28.4. The molecule has 0 aliphatic carbocycles. The van der Waals surface area contributed by atoms with Crippen LogP contribution in [-0.4, -0.2) is 53.3 Å². The van der Waals surface area contributed by atoms with Gasteiger partial charge in [0.1, 0.15) is 4.21 Å². The number of fused-ring (bicyclic) bond motifs is 1. The van der Waals surface area contributed by atoms with E-state index in [0.29, 0.717) is 35.5 Å². The largest absolute Gasteiger partial charge is 0.407 e. The van der Waals surface area contributed by atoms with Crippen LogP contribution in [0.2, 0.25) is 10.1 Å². The number of thiophene rings is 1. The molecule has 1 N–H and O–H groups in total. The van der Waals surface area contributed by atoms with Crippen LogP contribution in [0, 0.1) is 0 Å². The number of piperazine rings is 1. The monoisotopic (exact) mass is 598 g/mol. The Bertz CT molecular complexity index is 1480. The van der Waals surface area contributed by atoms with Gasteiger partial charge in [-0.25, -0.2) is 8.42 Å². The van der Waals surface area contributed by atoms with Gasteiger partial charge in [0.2, 0.25) is 0 Å². The highest BCUT2D eigenvalue weighted by Gasteiger charge is 2.50. The molecule has 39 heavy (non-hydrogen) atoms. The van der Waals surface area contributed by atoms with Crippen molar-refractivity contribution in [1.82, 2.24) is 9.62 Å². The highest BCUT2D eigenvalue weighted by molar-refractivity contribution is 7.91. The zero-order chi connectivity index (χ0) is 27.7. The molecule has 4 aromatic rings. The normalized spacial score (nSPS) is 17.5. The molecule has 0 spiro atoms. The Hall–Kier alpha value is -2.04. The maximum atomic E-state index is 13.6. The van der Waals surface area contributed by atoms with Gasteiger partial charge in [-0.1, -0.05) is 99.1 Å². The van der Waals surface area contributed by atoms with Gasteiger partial charge in [-0.15, -0.1) is 11.3 Å². The average molecular weight is 599 g/mol.